The van der Waals surface area contributed by atoms with E-state index in [2.05, 4.69) is 10.6 Å². The third kappa shape index (κ3) is 3.25. The summed E-state index contributed by atoms with van der Waals surface area (Å²) in [5, 5.41) is 16.7. The Balaban J connectivity index is 2.43. The number of rotatable bonds is 5. The molecule has 0 atom stereocenters. The van der Waals surface area contributed by atoms with Gasteiger partial charge >= 0.3 is 5.69 Å². The lowest BCUT2D eigenvalue weighted by atomic mass is 10.2. The molecule has 2 N–H and O–H groups in total. The lowest BCUT2D eigenvalue weighted by molar-refractivity contribution is -0.383. The molecule has 0 aromatic heterocycles. The number of nitrogens with zero attached hydrogens (tertiary/aromatic N) is 1. The Hall–Kier alpha value is -2.70. The third-order valence-electron chi connectivity index (χ3n) is 2.79. The number of anilines is 3. The van der Waals surface area contributed by atoms with Crippen molar-refractivity contribution < 1.29 is 13.7 Å². The summed E-state index contributed by atoms with van der Waals surface area (Å²) >= 11 is 0. The lowest BCUT2D eigenvalue weighted by Crippen LogP contribution is -2.04. The minimum absolute atomic E-state index is 0.0341. The Morgan fingerprint density at radius 3 is 2.48 bits per heavy atom. The largest absolute Gasteiger partial charge is 0.380 e. The maximum atomic E-state index is 13.6. The van der Waals surface area contributed by atoms with Gasteiger partial charge in [-0.3, -0.25) is 10.1 Å². The molecule has 0 saturated carbocycles. The fourth-order valence-corrected chi connectivity index (χ4v) is 1.91. The van der Waals surface area contributed by atoms with Crippen molar-refractivity contribution in [2.24, 2.45) is 0 Å². The predicted molar refractivity (Wildman–Crippen MR) is 76.9 cm³/mol. The molecule has 110 valence electrons. The zero-order chi connectivity index (χ0) is 15.4. The molecular formula is C14H13F2N3O2. The zero-order valence-corrected chi connectivity index (χ0v) is 11.2. The number of para-hydroxylation sites is 1. The van der Waals surface area contributed by atoms with Crippen molar-refractivity contribution in [3.63, 3.8) is 0 Å². The van der Waals surface area contributed by atoms with Gasteiger partial charge in [0.05, 0.1) is 10.6 Å². The highest BCUT2D eigenvalue weighted by Gasteiger charge is 2.20. The topological polar surface area (TPSA) is 67.2 Å². The first kappa shape index (κ1) is 14.7. The van der Waals surface area contributed by atoms with Gasteiger partial charge in [-0.1, -0.05) is 6.07 Å². The first-order valence-electron chi connectivity index (χ1n) is 6.26. The van der Waals surface area contributed by atoms with Gasteiger partial charge in [-0.2, -0.15) is 0 Å². The second-order valence-corrected chi connectivity index (χ2v) is 4.24. The molecule has 2 aromatic rings. The van der Waals surface area contributed by atoms with E-state index in [0.29, 0.717) is 18.3 Å². The molecule has 0 aliphatic carbocycles. The first-order valence-corrected chi connectivity index (χ1v) is 6.26. The standard InChI is InChI=1S/C14H13F2N3O2/c1-2-17-12-4-3-5-13(14(12)19(20)21)18-11-7-6-9(15)8-10(11)16/h3-8,17-18H,2H2,1H3. The second-order valence-electron chi connectivity index (χ2n) is 4.24. The van der Waals surface area contributed by atoms with Gasteiger partial charge in [-0.25, -0.2) is 8.78 Å². The first-order chi connectivity index (χ1) is 10.0. The summed E-state index contributed by atoms with van der Waals surface area (Å²) in [6.45, 7) is 2.32. The van der Waals surface area contributed by atoms with E-state index in [-0.39, 0.29) is 17.1 Å². The molecule has 7 heteroatoms. The Morgan fingerprint density at radius 2 is 1.86 bits per heavy atom. The monoisotopic (exact) mass is 293 g/mol. The van der Waals surface area contributed by atoms with Gasteiger partial charge in [-0.15, -0.1) is 0 Å². The summed E-state index contributed by atoms with van der Waals surface area (Å²) < 4.78 is 26.5. The van der Waals surface area contributed by atoms with Gasteiger partial charge in [0.1, 0.15) is 23.0 Å². The van der Waals surface area contributed by atoms with Crippen molar-refractivity contribution in [2.45, 2.75) is 6.92 Å². The second kappa shape index (κ2) is 6.17. The van der Waals surface area contributed by atoms with E-state index in [1.165, 1.54) is 12.1 Å². The summed E-state index contributed by atoms with van der Waals surface area (Å²) in [6, 6.07) is 7.60. The summed E-state index contributed by atoms with van der Waals surface area (Å²) in [5.41, 5.74) is 0.232. The van der Waals surface area contributed by atoms with Crippen LogP contribution in [0, 0.1) is 21.7 Å². The number of nitro benzene ring substituents is 1. The van der Waals surface area contributed by atoms with Gasteiger partial charge < -0.3 is 10.6 Å². The molecule has 5 nitrogen and oxygen atoms in total. The Bertz CT molecular complexity index is 677. The normalized spacial score (nSPS) is 10.2. The van der Waals surface area contributed by atoms with E-state index < -0.39 is 16.6 Å². The summed E-state index contributed by atoms with van der Waals surface area (Å²) in [4.78, 5) is 10.7. The third-order valence-corrected chi connectivity index (χ3v) is 2.79. The van der Waals surface area contributed by atoms with Gasteiger partial charge in [0, 0.05) is 12.6 Å². The van der Waals surface area contributed by atoms with E-state index in [0.717, 1.165) is 6.07 Å². The molecule has 0 aliphatic heterocycles. The number of halogens is 2. The maximum absolute atomic E-state index is 13.6. The zero-order valence-electron chi connectivity index (χ0n) is 11.2. The van der Waals surface area contributed by atoms with Crippen molar-refractivity contribution in [1.29, 1.82) is 0 Å². The van der Waals surface area contributed by atoms with Gasteiger partial charge in [-0.05, 0) is 31.2 Å². The Morgan fingerprint density at radius 1 is 1.14 bits per heavy atom. The minimum atomic E-state index is -0.821. The van der Waals surface area contributed by atoms with Crippen LogP contribution in [0.5, 0.6) is 0 Å². The fourth-order valence-electron chi connectivity index (χ4n) is 1.91. The van der Waals surface area contributed by atoms with Crippen molar-refractivity contribution >= 4 is 22.7 Å². The maximum Gasteiger partial charge on any atom is 0.315 e. The van der Waals surface area contributed by atoms with Crippen LogP contribution in [0.25, 0.3) is 0 Å². The number of nitrogens with one attached hydrogen (secondary N) is 2. The van der Waals surface area contributed by atoms with Crippen LogP contribution < -0.4 is 10.6 Å². The van der Waals surface area contributed by atoms with Gasteiger partial charge in [0.2, 0.25) is 0 Å². The molecular weight excluding hydrogens is 280 g/mol. The molecule has 0 unspecified atom stereocenters. The quantitative estimate of drug-likeness (QED) is 0.644. The van der Waals surface area contributed by atoms with E-state index >= 15 is 0 Å². The van der Waals surface area contributed by atoms with Crippen LogP contribution in [0.1, 0.15) is 6.92 Å². The Labute approximate surface area is 119 Å². The predicted octanol–water partition coefficient (Wildman–Crippen LogP) is 4.05. The highest BCUT2D eigenvalue weighted by molar-refractivity contribution is 5.79. The molecule has 0 saturated heterocycles. The highest BCUT2D eigenvalue weighted by atomic mass is 19.1. The number of hydrogen-bond acceptors (Lipinski definition) is 4. The Kier molecular flexibility index (Phi) is 4.32. The molecule has 2 rings (SSSR count). The van der Waals surface area contributed by atoms with Crippen molar-refractivity contribution in [3.8, 4) is 0 Å². The van der Waals surface area contributed by atoms with Gasteiger partial charge in [0.25, 0.3) is 0 Å². The number of hydrogen-bond donors (Lipinski definition) is 2. The van der Waals surface area contributed by atoms with E-state index in [9.17, 15) is 18.9 Å². The average molecular weight is 293 g/mol. The smallest absolute Gasteiger partial charge is 0.315 e. The van der Waals surface area contributed by atoms with Crippen LogP contribution in [-0.4, -0.2) is 11.5 Å². The average Bonchev–Trinajstić information content (AvgIpc) is 2.42. The molecule has 0 fully saturated rings. The molecule has 21 heavy (non-hydrogen) atoms. The molecule has 0 radical (unpaired) electrons. The lowest BCUT2D eigenvalue weighted by Gasteiger charge is -2.11. The van der Waals surface area contributed by atoms with Crippen LogP contribution in [0.4, 0.5) is 31.5 Å². The summed E-state index contributed by atoms with van der Waals surface area (Å²) in [7, 11) is 0. The van der Waals surface area contributed by atoms with Crippen LogP contribution in [0.15, 0.2) is 36.4 Å². The van der Waals surface area contributed by atoms with Crippen molar-refractivity contribution in [3.05, 3.63) is 58.1 Å². The van der Waals surface area contributed by atoms with Gasteiger partial charge in [0.15, 0.2) is 0 Å². The minimum Gasteiger partial charge on any atom is -0.380 e. The number of nitro groups is 1. The van der Waals surface area contributed by atoms with E-state index in [1.54, 1.807) is 12.1 Å². The van der Waals surface area contributed by atoms with E-state index in [4.69, 9.17) is 0 Å². The number of benzene rings is 2. The SMILES string of the molecule is CCNc1cccc(Nc2ccc(F)cc2F)c1[N+](=O)[O-]. The molecule has 0 spiro atoms. The van der Waals surface area contributed by atoms with Crippen LogP contribution in [-0.2, 0) is 0 Å². The molecule has 0 aliphatic rings. The molecule has 0 amide bonds. The van der Waals surface area contributed by atoms with Crippen LogP contribution in [0.2, 0.25) is 0 Å². The van der Waals surface area contributed by atoms with Crippen LogP contribution >= 0.6 is 0 Å². The van der Waals surface area contributed by atoms with Crippen LogP contribution in [0.3, 0.4) is 0 Å². The molecule has 0 bridgehead atoms. The highest BCUT2D eigenvalue weighted by Crippen LogP contribution is 2.35. The summed E-state index contributed by atoms with van der Waals surface area (Å²) in [5.74, 6) is -1.54. The fraction of sp³-hybridized carbons (Fsp3) is 0.143. The summed E-state index contributed by atoms with van der Waals surface area (Å²) in [6.07, 6.45) is 0. The molecule has 2 aromatic carbocycles. The van der Waals surface area contributed by atoms with Crippen molar-refractivity contribution in [1.82, 2.24) is 0 Å². The van der Waals surface area contributed by atoms with Crippen molar-refractivity contribution in [2.75, 3.05) is 17.2 Å². The van der Waals surface area contributed by atoms with E-state index in [1.807, 2.05) is 6.92 Å². The molecule has 0 heterocycles.